The van der Waals surface area contributed by atoms with E-state index in [9.17, 15) is 0 Å². The lowest BCUT2D eigenvalue weighted by molar-refractivity contribution is -0.0447. The first-order valence-corrected chi connectivity index (χ1v) is 7.02. The number of methoxy groups -OCH3 is 1. The number of ether oxygens (including phenoxy) is 3. The molecule has 0 spiro atoms. The van der Waals surface area contributed by atoms with Crippen molar-refractivity contribution in [3.8, 4) is 0 Å². The van der Waals surface area contributed by atoms with Gasteiger partial charge in [0.1, 0.15) is 0 Å². The van der Waals surface area contributed by atoms with Crippen LogP contribution < -0.4 is 0 Å². The molecule has 0 aromatic heterocycles. The Kier molecular flexibility index (Phi) is 8.47. The van der Waals surface area contributed by atoms with E-state index in [1.807, 2.05) is 18.2 Å². The van der Waals surface area contributed by atoms with E-state index in [2.05, 4.69) is 26.0 Å². The van der Waals surface area contributed by atoms with Gasteiger partial charge >= 0.3 is 0 Å². The predicted octanol–water partition coefficient (Wildman–Crippen LogP) is 3.42. The van der Waals surface area contributed by atoms with Gasteiger partial charge in [0.15, 0.2) is 0 Å². The van der Waals surface area contributed by atoms with Gasteiger partial charge in [-0.05, 0) is 18.9 Å². The average molecular weight is 266 g/mol. The third-order valence-corrected chi connectivity index (χ3v) is 2.88. The quantitative estimate of drug-likeness (QED) is 0.649. The zero-order valence-corrected chi connectivity index (χ0v) is 12.3. The van der Waals surface area contributed by atoms with Crippen LogP contribution in [0.15, 0.2) is 30.3 Å². The molecule has 0 saturated heterocycles. The molecule has 2 atom stereocenters. The van der Waals surface area contributed by atoms with Crippen LogP contribution in [0.4, 0.5) is 0 Å². The molecular weight excluding hydrogens is 240 g/mol. The van der Waals surface area contributed by atoms with E-state index in [0.29, 0.717) is 13.2 Å². The monoisotopic (exact) mass is 266 g/mol. The number of hydrogen-bond donors (Lipinski definition) is 0. The fourth-order valence-electron chi connectivity index (χ4n) is 1.91. The van der Waals surface area contributed by atoms with Crippen molar-refractivity contribution in [1.29, 1.82) is 0 Å². The molecule has 1 aromatic rings. The molecule has 2 unspecified atom stereocenters. The van der Waals surface area contributed by atoms with Crippen molar-refractivity contribution in [2.45, 2.75) is 45.5 Å². The highest BCUT2D eigenvalue weighted by atomic mass is 16.5. The molecule has 1 aromatic carbocycles. The highest BCUT2D eigenvalue weighted by Crippen LogP contribution is 2.10. The van der Waals surface area contributed by atoms with Gasteiger partial charge in [0.05, 0.1) is 25.4 Å². The lowest BCUT2D eigenvalue weighted by atomic mass is 10.2. The molecule has 0 fully saturated rings. The second-order valence-corrected chi connectivity index (χ2v) is 4.79. The minimum absolute atomic E-state index is 0.121. The summed E-state index contributed by atoms with van der Waals surface area (Å²) in [7, 11) is 1.71. The van der Waals surface area contributed by atoms with Crippen molar-refractivity contribution in [3.05, 3.63) is 35.9 Å². The maximum atomic E-state index is 5.85. The van der Waals surface area contributed by atoms with Crippen LogP contribution in [-0.4, -0.2) is 32.5 Å². The Balaban J connectivity index is 2.29. The fraction of sp³-hybridized carbons (Fsp3) is 0.625. The van der Waals surface area contributed by atoms with Gasteiger partial charge in [-0.1, -0.05) is 37.3 Å². The second-order valence-electron chi connectivity index (χ2n) is 4.79. The maximum absolute atomic E-state index is 5.85. The summed E-state index contributed by atoms with van der Waals surface area (Å²) in [6.07, 6.45) is 2.17. The Morgan fingerprint density at radius 1 is 1.11 bits per heavy atom. The van der Waals surface area contributed by atoms with Crippen molar-refractivity contribution >= 4 is 0 Å². The van der Waals surface area contributed by atoms with Crippen LogP contribution in [0.1, 0.15) is 32.3 Å². The third-order valence-electron chi connectivity index (χ3n) is 2.88. The van der Waals surface area contributed by atoms with Crippen LogP contribution in [0.5, 0.6) is 0 Å². The first kappa shape index (κ1) is 16.2. The van der Waals surface area contributed by atoms with Crippen molar-refractivity contribution in [2.75, 3.05) is 20.3 Å². The first-order valence-electron chi connectivity index (χ1n) is 7.02. The largest absolute Gasteiger partial charge is 0.382 e. The molecule has 108 valence electrons. The van der Waals surface area contributed by atoms with E-state index in [4.69, 9.17) is 14.2 Å². The van der Waals surface area contributed by atoms with Crippen molar-refractivity contribution in [2.24, 2.45) is 0 Å². The van der Waals surface area contributed by atoms with E-state index >= 15 is 0 Å². The zero-order chi connectivity index (χ0) is 13.9. The van der Waals surface area contributed by atoms with Crippen molar-refractivity contribution in [1.82, 2.24) is 0 Å². The summed E-state index contributed by atoms with van der Waals surface area (Å²) in [5.74, 6) is 0. The molecule has 0 aliphatic heterocycles. The van der Waals surface area contributed by atoms with E-state index in [-0.39, 0.29) is 12.2 Å². The van der Waals surface area contributed by atoms with Crippen LogP contribution in [-0.2, 0) is 20.8 Å². The van der Waals surface area contributed by atoms with E-state index in [0.717, 1.165) is 19.4 Å². The summed E-state index contributed by atoms with van der Waals surface area (Å²) in [6, 6.07) is 10.2. The molecule has 0 N–H and O–H groups in total. The summed E-state index contributed by atoms with van der Waals surface area (Å²) in [5, 5.41) is 0. The minimum Gasteiger partial charge on any atom is -0.382 e. The highest BCUT2D eigenvalue weighted by Gasteiger charge is 2.14. The molecule has 0 aliphatic carbocycles. The summed E-state index contributed by atoms with van der Waals surface area (Å²) in [4.78, 5) is 0. The third kappa shape index (κ3) is 7.31. The molecule has 3 heteroatoms. The van der Waals surface area contributed by atoms with Crippen molar-refractivity contribution < 1.29 is 14.2 Å². The standard InChI is InChI=1S/C16H26O3/c1-4-10-18-16(13-17-3)11-14(2)19-12-15-8-6-5-7-9-15/h5-9,14,16H,4,10-13H2,1-3H3. The summed E-state index contributed by atoms with van der Waals surface area (Å²) >= 11 is 0. The van der Waals surface area contributed by atoms with Gasteiger partial charge in [0.2, 0.25) is 0 Å². The Hall–Kier alpha value is -0.900. The maximum Gasteiger partial charge on any atom is 0.0832 e. The highest BCUT2D eigenvalue weighted by molar-refractivity contribution is 5.13. The molecule has 0 saturated carbocycles. The number of hydrogen-bond acceptors (Lipinski definition) is 3. The summed E-state index contributed by atoms with van der Waals surface area (Å²) in [5.41, 5.74) is 1.20. The molecule has 3 nitrogen and oxygen atoms in total. The molecular formula is C16H26O3. The van der Waals surface area contributed by atoms with Gasteiger partial charge in [0, 0.05) is 20.1 Å². The predicted molar refractivity (Wildman–Crippen MR) is 77.2 cm³/mol. The fourth-order valence-corrected chi connectivity index (χ4v) is 1.91. The van der Waals surface area contributed by atoms with Crippen LogP contribution in [0.3, 0.4) is 0 Å². The van der Waals surface area contributed by atoms with Gasteiger partial charge in [-0.3, -0.25) is 0 Å². The smallest absolute Gasteiger partial charge is 0.0832 e. The Morgan fingerprint density at radius 3 is 2.47 bits per heavy atom. The van der Waals surface area contributed by atoms with E-state index in [1.54, 1.807) is 7.11 Å². The van der Waals surface area contributed by atoms with Crippen LogP contribution >= 0.6 is 0 Å². The normalized spacial score (nSPS) is 14.3. The van der Waals surface area contributed by atoms with Gasteiger partial charge in [-0.2, -0.15) is 0 Å². The van der Waals surface area contributed by atoms with Gasteiger partial charge in [-0.25, -0.2) is 0 Å². The Labute approximate surface area is 116 Å². The van der Waals surface area contributed by atoms with Gasteiger partial charge in [-0.15, -0.1) is 0 Å². The van der Waals surface area contributed by atoms with E-state index in [1.165, 1.54) is 5.56 Å². The zero-order valence-electron chi connectivity index (χ0n) is 12.3. The first-order chi connectivity index (χ1) is 9.26. The van der Waals surface area contributed by atoms with Crippen LogP contribution in [0.2, 0.25) is 0 Å². The van der Waals surface area contributed by atoms with Gasteiger partial charge < -0.3 is 14.2 Å². The lowest BCUT2D eigenvalue weighted by Gasteiger charge is -2.21. The topological polar surface area (TPSA) is 27.7 Å². The van der Waals surface area contributed by atoms with Crippen LogP contribution in [0, 0.1) is 0 Å². The van der Waals surface area contributed by atoms with Crippen molar-refractivity contribution in [3.63, 3.8) is 0 Å². The Morgan fingerprint density at radius 2 is 1.84 bits per heavy atom. The number of rotatable bonds is 10. The SMILES string of the molecule is CCCOC(COC)CC(C)OCc1ccccc1. The minimum atomic E-state index is 0.121. The second kappa shape index (κ2) is 9.96. The molecule has 0 bridgehead atoms. The summed E-state index contributed by atoms with van der Waals surface area (Å²) in [6.45, 7) is 6.24. The molecule has 0 heterocycles. The average Bonchev–Trinajstić information content (AvgIpc) is 2.44. The lowest BCUT2D eigenvalue weighted by Crippen LogP contribution is -2.25. The molecule has 0 radical (unpaired) electrons. The van der Waals surface area contributed by atoms with Crippen LogP contribution in [0.25, 0.3) is 0 Å². The summed E-state index contributed by atoms with van der Waals surface area (Å²) < 4.78 is 16.8. The van der Waals surface area contributed by atoms with Gasteiger partial charge in [0.25, 0.3) is 0 Å². The number of benzene rings is 1. The van der Waals surface area contributed by atoms with E-state index < -0.39 is 0 Å². The molecule has 19 heavy (non-hydrogen) atoms. The molecule has 0 amide bonds. The Bertz CT molecular complexity index is 313. The molecule has 1 rings (SSSR count). The molecule has 0 aliphatic rings.